The van der Waals surface area contributed by atoms with Gasteiger partial charge in [0.05, 0.1) is 12.6 Å². The van der Waals surface area contributed by atoms with Gasteiger partial charge < -0.3 is 15.0 Å². The Kier molecular flexibility index (Phi) is 5.99. The number of nitrogens with one attached hydrogen (secondary N) is 1. The maximum atomic E-state index is 13.4. The molecule has 21 heavy (non-hydrogen) atoms. The minimum Gasteiger partial charge on any atom is -0.489 e. The molecule has 0 spiro atoms. The van der Waals surface area contributed by atoms with Crippen molar-refractivity contribution >= 4 is 5.91 Å². The molecule has 0 aliphatic carbocycles. The van der Waals surface area contributed by atoms with Gasteiger partial charge in [0, 0.05) is 7.05 Å². The van der Waals surface area contributed by atoms with Crippen LogP contribution in [-0.4, -0.2) is 43.6 Å². The van der Waals surface area contributed by atoms with E-state index in [0.717, 1.165) is 25.8 Å². The highest BCUT2D eigenvalue weighted by Gasteiger charge is 2.22. The Morgan fingerprint density at radius 3 is 3.00 bits per heavy atom. The standard InChI is InChI=1S/C16H23FN2O2/c1-19(16(20)14-8-3-2-6-10-18-14)11-12-21-15-9-5-4-7-13(15)17/h4-5,7,9,14,18H,2-3,6,8,10-12H2,1H3. The van der Waals surface area contributed by atoms with E-state index in [1.165, 1.54) is 12.5 Å². The highest BCUT2D eigenvalue weighted by molar-refractivity contribution is 5.81. The number of para-hydroxylation sites is 1. The smallest absolute Gasteiger partial charge is 0.239 e. The minimum absolute atomic E-state index is 0.0917. The zero-order valence-electron chi connectivity index (χ0n) is 12.5. The molecule has 5 heteroatoms. The van der Waals surface area contributed by atoms with Crippen LogP contribution in [0.15, 0.2) is 24.3 Å². The second-order valence-corrected chi connectivity index (χ2v) is 5.39. The largest absolute Gasteiger partial charge is 0.489 e. The second kappa shape index (κ2) is 7.98. The Balaban J connectivity index is 1.77. The van der Waals surface area contributed by atoms with Crippen LogP contribution in [0.1, 0.15) is 25.7 Å². The molecular formula is C16H23FN2O2. The van der Waals surface area contributed by atoms with Crippen molar-refractivity contribution in [2.45, 2.75) is 31.7 Å². The molecule has 1 atom stereocenters. The number of halogens is 1. The van der Waals surface area contributed by atoms with Crippen LogP contribution in [0.25, 0.3) is 0 Å². The van der Waals surface area contributed by atoms with Crippen molar-refractivity contribution in [3.05, 3.63) is 30.1 Å². The van der Waals surface area contributed by atoms with Gasteiger partial charge in [-0.1, -0.05) is 25.0 Å². The van der Waals surface area contributed by atoms with Crippen LogP contribution in [0.2, 0.25) is 0 Å². The predicted molar refractivity (Wildman–Crippen MR) is 79.8 cm³/mol. The molecule has 116 valence electrons. The molecule has 1 aliphatic rings. The van der Waals surface area contributed by atoms with E-state index in [1.54, 1.807) is 30.1 Å². The molecule has 1 aromatic carbocycles. The van der Waals surface area contributed by atoms with Crippen molar-refractivity contribution in [1.29, 1.82) is 0 Å². The molecule has 0 bridgehead atoms. The average Bonchev–Trinajstić information content (AvgIpc) is 2.77. The first-order chi connectivity index (χ1) is 10.2. The molecule has 2 rings (SSSR count). The summed E-state index contributed by atoms with van der Waals surface area (Å²) in [5.41, 5.74) is 0. The van der Waals surface area contributed by atoms with E-state index < -0.39 is 0 Å². The van der Waals surface area contributed by atoms with Crippen molar-refractivity contribution in [3.8, 4) is 5.75 Å². The number of ether oxygens (including phenoxy) is 1. The predicted octanol–water partition coefficient (Wildman–Crippen LogP) is 2.20. The summed E-state index contributed by atoms with van der Waals surface area (Å²) in [6.07, 6.45) is 4.28. The average molecular weight is 294 g/mol. The molecule has 1 aromatic rings. The van der Waals surface area contributed by atoms with Crippen molar-refractivity contribution < 1.29 is 13.9 Å². The van der Waals surface area contributed by atoms with E-state index >= 15 is 0 Å². The Bertz CT molecular complexity index is 459. The Morgan fingerprint density at radius 1 is 1.38 bits per heavy atom. The van der Waals surface area contributed by atoms with Gasteiger partial charge in [-0.25, -0.2) is 4.39 Å². The van der Waals surface area contributed by atoms with Crippen LogP contribution in [-0.2, 0) is 4.79 Å². The van der Waals surface area contributed by atoms with Crippen LogP contribution in [0, 0.1) is 5.82 Å². The van der Waals surface area contributed by atoms with Gasteiger partial charge in [-0.05, 0) is 31.5 Å². The van der Waals surface area contributed by atoms with Crippen LogP contribution >= 0.6 is 0 Å². The number of amides is 1. The summed E-state index contributed by atoms with van der Waals surface area (Å²) in [6.45, 7) is 1.64. The zero-order chi connectivity index (χ0) is 15.1. The number of carbonyl (C=O) groups excluding carboxylic acids is 1. The number of carbonyl (C=O) groups is 1. The number of likely N-dealkylation sites (N-methyl/N-ethyl adjacent to an activating group) is 1. The first-order valence-electron chi connectivity index (χ1n) is 7.54. The summed E-state index contributed by atoms with van der Waals surface area (Å²) in [7, 11) is 1.76. The van der Waals surface area contributed by atoms with E-state index in [9.17, 15) is 9.18 Å². The zero-order valence-corrected chi connectivity index (χ0v) is 12.5. The maximum Gasteiger partial charge on any atom is 0.239 e. The second-order valence-electron chi connectivity index (χ2n) is 5.39. The minimum atomic E-state index is -0.378. The first-order valence-corrected chi connectivity index (χ1v) is 7.54. The lowest BCUT2D eigenvalue weighted by molar-refractivity contribution is -0.132. The van der Waals surface area contributed by atoms with E-state index in [1.807, 2.05) is 0 Å². The third-order valence-electron chi connectivity index (χ3n) is 3.76. The summed E-state index contributed by atoms with van der Waals surface area (Å²) in [6, 6.07) is 6.20. The molecule has 1 heterocycles. The monoisotopic (exact) mass is 294 g/mol. The van der Waals surface area contributed by atoms with Gasteiger partial charge in [0.15, 0.2) is 11.6 Å². The SMILES string of the molecule is CN(CCOc1ccccc1F)C(=O)C1CCCCCN1. The molecule has 0 radical (unpaired) electrons. The molecule has 1 aliphatic heterocycles. The molecule has 1 saturated heterocycles. The highest BCUT2D eigenvalue weighted by atomic mass is 19.1. The summed E-state index contributed by atoms with van der Waals surface area (Å²) >= 11 is 0. The fourth-order valence-electron chi connectivity index (χ4n) is 2.47. The lowest BCUT2D eigenvalue weighted by Gasteiger charge is -2.23. The van der Waals surface area contributed by atoms with Crippen LogP contribution in [0.4, 0.5) is 4.39 Å². The van der Waals surface area contributed by atoms with E-state index in [4.69, 9.17) is 4.74 Å². The molecule has 1 amide bonds. The summed E-state index contributed by atoms with van der Waals surface area (Å²) < 4.78 is 18.8. The van der Waals surface area contributed by atoms with E-state index in [0.29, 0.717) is 6.54 Å². The first kappa shape index (κ1) is 15.8. The Labute approximate surface area is 125 Å². The van der Waals surface area contributed by atoms with Gasteiger partial charge in [-0.2, -0.15) is 0 Å². The molecule has 1 N–H and O–H groups in total. The number of hydrogen-bond acceptors (Lipinski definition) is 3. The number of hydrogen-bond donors (Lipinski definition) is 1. The molecule has 0 aromatic heterocycles. The summed E-state index contributed by atoms with van der Waals surface area (Å²) in [5, 5.41) is 3.29. The van der Waals surface area contributed by atoms with Gasteiger partial charge in [-0.15, -0.1) is 0 Å². The molecular weight excluding hydrogens is 271 g/mol. The van der Waals surface area contributed by atoms with Gasteiger partial charge in [-0.3, -0.25) is 4.79 Å². The van der Waals surface area contributed by atoms with Crippen LogP contribution in [0.3, 0.4) is 0 Å². The van der Waals surface area contributed by atoms with Crippen LogP contribution < -0.4 is 10.1 Å². The quantitative estimate of drug-likeness (QED) is 0.905. The number of nitrogens with zero attached hydrogens (tertiary/aromatic N) is 1. The molecule has 1 unspecified atom stereocenters. The normalized spacial score (nSPS) is 18.9. The fourth-order valence-corrected chi connectivity index (χ4v) is 2.47. The molecule has 1 fully saturated rings. The number of benzene rings is 1. The summed E-state index contributed by atoms with van der Waals surface area (Å²) in [5.74, 6) is -0.0584. The molecule has 0 saturated carbocycles. The van der Waals surface area contributed by atoms with Gasteiger partial charge in [0.2, 0.25) is 5.91 Å². The lowest BCUT2D eigenvalue weighted by atomic mass is 10.1. The van der Waals surface area contributed by atoms with Gasteiger partial charge in [0.1, 0.15) is 6.61 Å². The Hall–Kier alpha value is -1.62. The third-order valence-corrected chi connectivity index (χ3v) is 3.76. The lowest BCUT2D eigenvalue weighted by Crippen LogP contribution is -2.45. The van der Waals surface area contributed by atoms with E-state index in [2.05, 4.69) is 5.32 Å². The van der Waals surface area contributed by atoms with Gasteiger partial charge in [0.25, 0.3) is 0 Å². The maximum absolute atomic E-state index is 13.4. The Morgan fingerprint density at radius 2 is 2.19 bits per heavy atom. The van der Waals surface area contributed by atoms with Crippen LogP contribution in [0.5, 0.6) is 5.75 Å². The highest BCUT2D eigenvalue weighted by Crippen LogP contribution is 2.15. The third kappa shape index (κ3) is 4.70. The summed E-state index contributed by atoms with van der Waals surface area (Å²) in [4.78, 5) is 14.0. The van der Waals surface area contributed by atoms with Crippen molar-refractivity contribution in [2.24, 2.45) is 0 Å². The van der Waals surface area contributed by atoms with Crippen molar-refractivity contribution in [3.63, 3.8) is 0 Å². The fraction of sp³-hybridized carbons (Fsp3) is 0.562. The number of rotatable bonds is 5. The topological polar surface area (TPSA) is 41.6 Å². The van der Waals surface area contributed by atoms with Gasteiger partial charge >= 0.3 is 0 Å². The van der Waals surface area contributed by atoms with E-state index in [-0.39, 0.29) is 30.1 Å². The van der Waals surface area contributed by atoms with Crippen molar-refractivity contribution in [2.75, 3.05) is 26.7 Å². The van der Waals surface area contributed by atoms with Crippen molar-refractivity contribution in [1.82, 2.24) is 10.2 Å². The molecule has 4 nitrogen and oxygen atoms in total.